The molecule has 3 aromatic rings. The molecule has 0 saturated heterocycles. The fraction of sp³-hybridized carbons (Fsp3) is 0.100. The Hall–Kier alpha value is -3.14. The van der Waals surface area contributed by atoms with Crippen LogP contribution in [0.4, 0.5) is 0 Å². The van der Waals surface area contributed by atoms with Crippen molar-refractivity contribution in [1.29, 1.82) is 0 Å². The van der Waals surface area contributed by atoms with Crippen molar-refractivity contribution in [3.05, 3.63) is 94.8 Å². The summed E-state index contributed by atoms with van der Waals surface area (Å²) in [5.74, 6) is -0.588. The minimum absolute atomic E-state index is 0.119. The Kier molecular flexibility index (Phi) is 4.57. The van der Waals surface area contributed by atoms with Crippen molar-refractivity contribution >= 4 is 11.8 Å². The van der Waals surface area contributed by atoms with Gasteiger partial charge in [0.15, 0.2) is 5.78 Å². The van der Waals surface area contributed by atoms with Crippen molar-refractivity contribution in [3.8, 4) is 0 Å². The molecular formula is C20H17NO3. The molecule has 4 nitrogen and oxygen atoms in total. The molecule has 0 atom stereocenters. The zero-order chi connectivity index (χ0) is 16.9. The number of aromatic amines is 1. The second-order valence-corrected chi connectivity index (χ2v) is 5.46. The van der Waals surface area contributed by atoms with E-state index in [-0.39, 0.29) is 12.4 Å². The third-order valence-corrected chi connectivity index (χ3v) is 3.84. The van der Waals surface area contributed by atoms with Gasteiger partial charge in [0.2, 0.25) is 0 Å². The molecule has 1 N–H and O–H groups in total. The lowest BCUT2D eigenvalue weighted by atomic mass is 10.0. The normalized spacial score (nSPS) is 10.4. The van der Waals surface area contributed by atoms with Crippen LogP contribution >= 0.6 is 0 Å². The molecule has 1 aromatic heterocycles. The maximum absolute atomic E-state index is 12.5. The van der Waals surface area contributed by atoms with Crippen LogP contribution in [0.25, 0.3) is 0 Å². The van der Waals surface area contributed by atoms with Crippen LogP contribution in [0.2, 0.25) is 0 Å². The molecule has 0 saturated carbocycles. The smallest absolute Gasteiger partial charge is 0.355 e. The van der Waals surface area contributed by atoms with Crippen LogP contribution in [0, 0.1) is 6.92 Å². The summed E-state index contributed by atoms with van der Waals surface area (Å²) in [7, 11) is 0. The Morgan fingerprint density at radius 3 is 2.25 bits per heavy atom. The molecule has 120 valence electrons. The zero-order valence-corrected chi connectivity index (χ0v) is 13.3. The highest BCUT2D eigenvalue weighted by Crippen LogP contribution is 2.18. The first-order valence-corrected chi connectivity index (χ1v) is 7.65. The number of hydrogen-bond acceptors (Lipinski definition) is 3. The first-order valence-electron chi connectivity index (χ1n) is 7.65. The van der Waals surface area contributed by atoms with Crippen molar-refractivity contribution in [2.24, 2.45) is 0 Å². The molecule has 0 fully saturated rings. The van der Waals surface area contributed by atoms with E-state index in [1.807, 2.05) is 48.5 Å². The van der Waals surface area contributed by atoms with Gasteiger partial charge >= 0.3 is 5.97 Å². The molecule has 4 heteroatoms. The molecule has 0 aliphatic heterocycles. The van der Waals surface area contributed by atoms with E-state index in [1.165, 1.54) is 0 Å². The topological polar surface area (TPSA) is 59.2 Å². The SMILES string of the molecule is Cc1c(C(=O)c2ccccc2)c[nH]c1C(=O)OCc1ccccc1. The van der Waals surface area contributed by atoms with Crippen LogP contribution in [0.3, 0.4) is 0 Å². The van der Waals surface area contributed by atoms with Crippen molar-refractivity contribution < 1.29 is 14.3 Å². The monoisotopic (exact) mass is 319 g/mol. The van der Waals surface area contributed by atoms with Gasteiger partial charge in [0.25, 0.3) is 0 Å². The number of rotatable bonds is 5. The van der Waals surface area contributed by atoms with Crippen molar-refractivity contribution in [1.82, 2.24) is 4.98 Å². The van der Waals surface area contributed by atoms with Crippen LogP contribution in [-0.4, -0.2) is 16.7 Å². The molecule has 0 radical (unpaired) electrons. The zero-order valence-electron chi connectivity index (χ0n) is 13.3. The number of H-pyrrole nitrogens is 1. The van der Waals surface area contributed by atoms with E-state index in [4.69, 9.17) is 4.74 Å². The molecular weight excluding hydrogens is 302 g/mol. The number of ketones is 1. The fourth-order valence-electron chi connectivity index (χ4n) is 2.48. The summed E-state index contributed by atoms with van der Waals surface area (Å²) in [5.41, 5.74) is 2.89. The average Bonchev–Trinajstić information content (AvgIpc) is 3.02. The summed E-state index contributed by atoms with van der Waals surface area (Å²) in [6.07, 6.45) is 1.56. The minimum atomic E-state index is -0.469. The Balaban J connectivity index is 1.75. The summed E-state index contributed by atoms with van der Waals surface area (Å²) in [6, 6.07) is 18.4. The van der Waals surface area contributed by atoms with Gasteiger partial charge in [0, 0.05) is 17.3 Å². The Morgan fingerprint density at radius 1 is 0.958 bits per heavy atom. The summed E-state index contributed by atoms with van der Waals surface area (Å²) < 4.78 is 5.31. The van der Waals surface area contributed by atoms with Crippen LogP contribution in [-0.2, 0) is 11.3 Å². The Morgan fingerprint density at radius 2 is 1.58 bits per heavy atom. The second-order valence-electron chi connectivity index (χ2n) is 5.46. The molecule has 24 heavy (non-hydrogen) atoms. The van der Waals surface area contributed by atoms with E-state index in [2.05, 4.69) is 4.98 Å². The lowest BCUT2D eigenvalue weighted by Gasteiger charge is -2.05. The quantitative estimate of drug-likeness (QED) is 0.573. The highest BCUT2D eigenvalue weighted by Gasteiger charge is 2.20. The first-order chi connectivity index (χ1) is 11.7. The lowest BCUT2D eigenvalue weighted by molar-refractivity contribution is 0.0465. The van der Waals surface area contributed by atoms with Gasteiger partial charge in [0.05, 0.1) is 0 Å². The number of nitrogens with one attached hydrogen (secondary N) is 1. The van der Waals surface area contributed by atoms with E-state index in [0.29, 0.717) is 22.4 Å². The molecule has 0 aliphatic rings. The number of carbonyl (C=O) groups excluding carboxylic acids is 2. The average molecular weight is 319 g/mol. The van der Waals surface area contributed by atoms with Crippen LogP contribution in [0.15, 0.2) is 66.9 Å². The molecule has 0 aliphatic carbocycles. The highest BCUT2D eigenvalue weighted by molar-refractivity contribution is 6.11. The van der Waals surface area contributed by atoms with Gasteiger partial charge in [-0.25, -0.2) is 4.79 Å². The molecule has 2 aromatic carbocycles. The van der Waals surface area contributed by atoms with Gasteiger partial charge in [0.1, 0.15) is 12.3 Å². The number of benzene rings is 2. The minimum Gasteiger partial charge on any atom is -0.456 e. The standard InChI is InChI=1S/C20H17NO3/c1-14-17(19(22)16-10-6-3-7-11-16)12-21-18(14)20(23)24-13-15-8-4-2-5-9-15/h2-12,21H,13H2,1H3. The first kappa shape index (κ1) is 15.7. The second kappa shape index (κ2) is 6.96. The molecule has 1 heterocycles. The van der Waals surface area contributed by atoms with Crippen LogP contribution < -0.4 is 0 Å². The van der Waals surface area contributed by atoms with E-state index in [1.54, 1.807) is 25.3 Å². The maximum atomic E-state index is 12.5. The van der Waals surface area contributed by atoms with Gasteiger partial charge in [-0.2, -0.15) is 0 Å². The molecule has 3 rings (SSSR count). The Bertz CT molecular complexity index is 851. The fourth-order valence-corrected chi connectivity index (χ4v) is 2.48. The summed E-state index contributed by atoms with van der Waals surface area (Å²) in [4.78, 5) is 27.6. The van der Waals surface area contributed by atoms with E-state index in [9.17, 15) is 9.59 Å². The van der Waals surface area contributed by atoms with Gasteiger partial charge in [-0.1, -0.05) is 60.7 Å². The number of hydrogen-bond donors (Lipinski definition) is 1. The number of ether oxygens (including phenoxy) is 1. The predicted octanol–water partition coefficient (Wildman–Crippen LogP) is 3.91. The van der Waals surface area contributed by atoms with E-state index < -0.39 is 5.97 Å². The molecule has 0 amide bonds. The predicted molar refractivity (Wildman–Crippen MR) is 91.0 cm³/mol. The summed E-state index contributed by atoms with van der Waals surface area (Å²) in [6.45, 7) is 1.94. The van der Waals surface area contributed by atoms with E-state index in [0.717, 1.165) is 5.56 Å². The lowest BCUT2D eigenvalue weighted by Crippen LogP contribution is -2.08. The number of aromatic nitrogens is 1. The number of carbonyl (C=O) groups is 2. The van der Waals surface area contributed by atoms with Crippen molar-refractivity contribution in [2.45, 2.75) is 13.5 Å². The van der Waals surface area contributed by atoms with Crippen LogP contribution in [0.1, 0.15) is 37.5 Å². The van der Waals surface area contributed by atoms with Crippen molar-refractivity contribution in [2.75, 3.05) is 0 Å². The van der Waals surface area contributed by atoms with Gasteiger partial charge < -0.3 is 9.72 Å². The van der Waals surface area contributed by atoms with E-state index >= 15 is 0 Å². The maximum Gasteiger partial charge on any atom is 0.355 e. The van der Waals surface area contributed by atoms with Gasteiger partial charge in [-0.3, -0.25) is 4.79 Å². The van der Waals surface area contributed by atoms with Gasteiger partial charge in [-0.15, -0.1) is 0 Å². The highest BCUT2D eigenvalue weighted by atomic mass is 16.5. The third kappa shape index (κ3) is 3.27. The largest absolute Gasteiger partial charge is 0.456 e. The third-order valence-electron chi connectivity index (χ3n) is 3.84. The Labute approximate surface area is 140 Å². The van der Waals surface area contributed by atoms with Gasteiger partial charge in [-0.05, 0) is 18.1 Å². The summed E-state index contributed by atoms with van der Waals surface area (Å²) in [5, 5.41) is 0. The summed E-state index contributed by atoms with van der Waals surface area (Å²) >= 11 is 0. The van der Waals surface area contributed by atoms with Crippen molar-refractivity contribution in [3.63, 3.8) is 0 Å². The van der Waals surface area contributed by atoms with Crippen LogP contribution in [0.5, 0.6) is 0 Å². The molecule has 0 spiro atoms. The molecule has 0 unspecified atom stereocenters. The molecule has 0 bridgehead atoms. The number of esters is 1.